The average molecular weight is 284 g/mol. The van der Waals surface area contributed by atoms with Gasteiger partial charge in [-0.25, -0.2) is 12.8 Å². The second kappa shape index (κ2) is 6.60. The van der Waals surface area contributed by atoms with Gasteiger partial charge in [0.25, 0.3) is 0 Å². The van der Waals surface area contributed by atoms with Crippen LogP contribution in [0.2, 0.25) is 0 Å². The summed E-state index contributed by atoms with van der Waals surface area (Å²) in [6.07, 6.45) is 2.96. The lowest BCUT2D eigenvalue weighted by Crippen LogP contribution is -2.31. The van der Waals surface area contributed by atoms with Crippen LogP contribution in [0.5, 0.6) is 0 Å². The van der Waals surface area contributed by atoms with E-state index in [1.807, 2.05) is 0 Å². The standard InChI is InChI=1S/C13H17FN2O2S/c1-3-7-16(8-4-2)19(17,18)12-5-6-13(14)11(9-12)10-15/h3-6,9H,1-2,7-8,10,15H2. The number of hydrogen-bond acceptors (Lipinski definition) is 3. The summed E-state index contributed by atoms with van der Waals surface area (Å²) in [5.41, 5.74) is 5.54. The Hall–Kier alpha value is -1.50. The molecule has 0 radical (unpaired) electrons. The molecule has 0 atom stereocenters. The molecular formula is C13H17FN2O2S. The van der Waals surface area contributed by atoms with E-state index >= 15 is 0 Å². The molecule has 104 valence electrons. The van der Waals surface area contributed by atoms with E-state index in [1.54, 1.807) is 0 Å². The first-order valence-corrected chi connectivity index (χ1v) is 7.11. The molecule has 1 aromatic rings. The van der Waals surface area contributed by atoms with Crippen LogP contribution in [0, 0.1) is 5.82 Å². The summed E-state index contributed by atoms with van der Waals surface area (Å²) in [4.78, 5) is 0.0121. The quantitative estimate of drug-likeness (QED) is 0.774. The highest BCUT2D eigenvalue weighted by Crippen LogP contribution is 2.19. The van der Waals surface area contributed by atoms with Crippen molar-refractivity contribution in [3.05, 3.63) is 54.9 Å². The van der Waals surface area contributed by atoms with E-state index in [0.717, 1.165) is 6.07 Å². The zero-order valence-corrected chi connectivity index (χ0v) is 11.4. The molecule has 2 N–H and O–H groups in total. The molecule has 0 aliphatic rings. The van der Waals surface area contributed by atoms with Gasteiger partial charge >= 0.3 is 0 Å². The first-order valence-electron chi connectivity index (χ1n) is 5.67. The number of nitrogens with zero attached hydrogens (tertiary/aromatic N) is 1. The van der Waals surface area contributed by atoms with E-state index in [1.165, 1.54) is 28.6 Å². The highest BCUT2D eigenvalue weighted by Gasteiger charge is 2.23. The van der Waals surface area contributed by atoms with Gasteiger partial charge in [0.1, 0.15) is 5.82 Å². The molecule has 19 heavy (non-hydrogen) atoms. The van der Waals surface area contributed by atoms with Gasteiger partial charge in [-0.2, -0.15) is 4.31 Å². The van der Waals surface area contributed by atoms with Gasteiger partial charge in [0, 0.05) is 25.2 Å². The Balaban J connectivity index is 3.24. The summed E-state index contributed by atoms with van der Waals surface area (Å²) in [5.74, 6) is -0.513. The van der Waals surface area contributed by atoms with Crippen LogP contribution < -0.4 is 5.73 Å². The second-order valence-electron chi connectivity index (χ2n) is 3.86. The highest BCUT2D eigenvalue weighted by atomic mass is 32.2. The van der Waals surface area contributed by atoms with Gasteiger partial charge in [0.05, 0.1) is 4.90 Å². The van der Waals surface area contributed by atoms with Crippen molar-refractivity contribution in [1.29, 1.82) is 0 Å². The van der Waals surface area contributed by atoms with Crippen molar-refractivity contribution in [2.45, 2.75) is 11.4 Å². The summed E-state index contributed by atoms with van der Waals surface area (Å²) < 4.78 is 39.2. The molecule has 4 nitrogen and oxygen atoms in total. The van der Waals surface area contributed by atoms with Crippen LogP contribution in [0.25, 0.3) is 0 Å². The lowest BCUT2D eigenvalue weighted by Gasteiger charge is -2.19. The largest absolute Gasteiger partial charge is 0.326 e. The maximum absolute atomic E-state index is 13.3. The Morgan fingerprint density at radius 3 is 2.32 bits per heavy atom. The molecule has 0 aliphatic carbocycles. The smallest absolute Gasteiger partial charge is 0.243 e. The summed E-state index contributed by atoms with van der Waals surface area (Å²) >= 11 is 0. The van der Waals surface area contributed by atoms with Gasteiger partial charge < -0.3 is 5.73 Å². The molecule has 0 unspecified atom stereocenters. The molecule has 0 spiro atoms. The molecule has 6 heteroatoms. The normalized spacial score (nSPS) is 11.5. The molecule has 0 heterocycles. The monoisotopic (exact) mass is 284 g/mol. The molecule has 0 bridgehead atoms. The van der Waals surface area contributed by atoms with E-state index in [2.05, 4.69) is 13.2 Å². The highest BCUT2D eigenvalue weighted by molar-refractivity contribution is 7.89. The number of rotatable bonds is 7. The molecular weight excluding hydrogens is 267 g/mol. The fraction of sp³-hybridized carbons (Fsp3) is 0.231. The van der Waals surface area contributed by atoms with Gasteiger partial charge in [-0.1, -0.05) is 12.2 Å². The van der Waals surface area contributed by atoms with E-state index in [-0.39, 0.29) is 30.1 Å². The second-order valence-corrected chi connectivity index (χ2v) is 5.79. The van der Waals surface area contributed by atoms with Crippen LogP contribution in [0.3, 0.4) is 0 Å². The van der Waals surface area contributed by atoms with Crippen molar-refractivity contribution in [1.82, 2.24) is 4.31 Å². The van der Waals surface area contributed by atoms with Crippen molar-refractivity contribution in [2.24, 2.45) is 5.73 Å². The molecule has 0 aliphatic heterocycles. The van der Waals surface area contributed by atoms with Crippen molar-refractivity contribution in [3.8, 4) is 0 Å². The summed E-state index contributed by atoms with van der Waals surface area (Å²) in [6, 6.07) is 3.59. The fourth-order valence-electron chi connectivity index (χ4n) is 1.58. The third kappa shape index (κ3) is 3.50. The van der Waals surface area contributed by atoms with Crippen LogP contribution in [0.1, 0.15) is 5.56 Å². The molecule has 0 saturated heterocycles. The van der Waals surface area contributed by atoms with E-state index in [4.69, 9.17) is 5.73 Å². The average Bonchev–Trinajstić information content (AvgIpc) is 2.38. The van der Waals surface area contributed by atoms with Crippen LogP contribution in [0.15, 0.2) is 48.4 Å². The van der Waals surface area contributed by atoms with Crippen molar-refractivity contribution in [2.75, 3.05) is 13.1 Å². The fourth-order valence-corrected chi connectivity index (χ4v) is 3.01. The third-order valence-corrected chi connectivity index (χ3v) is 4.37. The Kier molecular flexibility index (Phi) is 5.41. The van der Waals surface area contributed by atoms with Crippen molar-refractivity contribution < 1.29 is 12.8 Å². The number of hydrogen-bond donors (Lipinski definition) is 1. The zero-order chi connectivity index (χ0) is 14.5. The Labute approximate surface area is 113 Å². The Morgan fingerprint density at radius 2 is 1.84 bits per heavy atom. The van der Waals surface area contributed by atoms with Crippen LogP contribution in [0.4, 0.5) is 4.39 Å². The predicted octanol–water partition coefficient (Wildman–Crippen LogP) is 1.65. The van der Waals surface area contributed by atoms with Gasteiger partial charge in [0.2, 0.25) is 10.0 Å². The maximum atomic E-state index is 13.3. The number of sulfonamides is 1. The van der Waals surface area contributed by atoms with Crippen LogP contribution in [-0.2, 0) is 16.6 Å². The minimum Gasteiger partial charge on any atom is -0.326 e. The zero-order valence-electron chi connectivity index (χ0n) is 10.5. The van der Waals surface area contributed by atoms with Crippen LogP contribution >= 0.6 is 0 Å². The molecule has 0 saturated carbocycles. The van der Waals surface area contributed by atoms with Crippen LogP contribution in [-0.4, -0.2) is 25.8 Å². The molecule has 0 amide bonds. The van der Waals surface area contributed by atoms with Gasteiger partial charge in [-0.3, -0.25) is 0 Å². The first kappa shape index (κ1) is 15.6. The predicted molar refractivity (Wildman–Crippen MR) is 73.4 cm³/mol. The van der Waals surface area contributed by atoms with E-state index in [0.29, 0.717) is 0 Å². The number of halogens is 1. The minimum atomic E-state index is -3.71. The summed E-state index contributed by atoms with van der Waals surface area (Å²) in [5, 5.41) is 0. The maximum Gasteiger partial charge on any atom is 0.243 e. The van der Waals surface area contributed by atoms with Gasteiger partial charge in [-0.05, 0) is 18.2 Å². The van der Waals surface area contributed by atoms with Gasteiger partial charge in [-0.15, -0.1) is 13.2 Å². The molecule has 0 fully saturated rings. The third-order valence-electron chi connectivity index (χ3n) is 2.54. The number of nitrogens with two attached hydrogens (primary N) is 1. The Bertz CT molecular complexity index is 560. The summed E-state index contributed by atoms with van der Waals surface area (Å²) in [7, 11) is -3.71. The molecule has 0 aromatic heterocycles. The van der Waals surface area contributed by atoms with E-state index in [9.17, 15) is 12.8 Å². The Morgan fingerprint density at radius 1 is 1.26 bits per heavy atom. The topological polar surface area (TPSA) is 63.4 Å². The lowest BCUT2D eigenvalue weighted by atomic mass is 10.2. The minimum absolute atomic E-state index is 0.0121. The van der Waals surface area contributed by atoms with E-state index < -0.39 is 15.8 Å². The first-order chi connectivity index (χ1) is 8.97. The number of benzene rings is 1. The van der Waals surface area contributed by atoms with Crippen molar-refractivity contribution in [3.63, 3.8) is 0 Å². The molecule has 1 rings (SSSR count). The van der Waals surface area contributed by atoms with Gasteiger partial charge in [0.15, 0.2) is 0 Å². The van der Waals surface area contributed by atoms with Crippen molar-refractivity contribution >= 4 is 10.0 Å². The molecule has 1 aromatic carbocycles. The lowest BCUT2D eigenvalue weighted by molar-refractivity contribution is 0.474. The summed E-state index contributed by atoms with van der Waals surface area (Å²) in [6.45, 7) is 7.29. The SMILES string of the molecule is C=CCN(CC=C)S(=O)(=O)c1ccc(F)c(CN)c1.